The van der Waals surface area contributed by atoms with Gasteiger partial charge in [-0.15, -0.1) is 0 Å². The largest absolute Gasteiger partial charge is 0.350 e. The van der Waals surface area contributed by atoms with E-state index in [1.54, 1.807) is 0 Å². The summed E-state index contributed by atoms with van der Waals surface area (Å²) in [6, 6.07) is 7.02. The second kappa shape index (κ2) is 4.19. The molecule has 0 bridgehead atoms. The lowest BCUT2D eigenvalue weighted by atomic mass is 10.3. The Hall–Kier alpha value is -2.08. The summed E-state index contributed by atoms with van der Waals surface area (Å²) in [6.07, 6.45) is 0. The number of benzene rings is 1. The molecule has 0 aliphatic heterocycles. The van der Waals surface area contributed by atoms with Crippen LogP contribution in [-0.2, 0) is 18.5 Å². The van der Waals surface area contributed by atoms with E-state index in [0.29, 0.717) is 0 Å². The molecule has 0 radical (unpaired) electrons. The van der Waals surface area contributed by atoms with Crippen LogP contribution in [0.5, 0.6) is 0 Å². The van der Waals surface area contributed by atoms with Crippen molar-refractivity contribution >= 4 is 17.1 Å². The lowest BCUT2D eigenvalue weighted by molar-refractivity contribution is 0.0471. The maximum absolute atomic E-state index is 10.4. The summed E-state index contributed by atoms with van der Waals surface area (Å²) in [4.78, 5) is 19.6. The standard InChI is InChI=1S/C10H12N4O2/c1-14-8-5-3-2-4-7(8)12-9(14)6-16-13-10(11)15/h2-5H,6H2,1H3,(H3,11,13,15). The van der Waals surface area contributed by atoms with Gasteiger partial charge in [-0.3, -0.25) is 4.84 Å². The van der Waals surface area contributed by atoms with Gasteiger partial charge in [0.05, 0.1) is 11.0 Å². The molecule has 6 nitrogen and oxygen atoms in total. The maximum Gasteiger partial charge on any atom is 0.336 e. The first-order chi connectivity index (χ1) is 7.68. The number of aryl methyl sites for hydroxylation is 1. The number of nitrogens with zero attached hydrogens (tertiary/aromatic N) is 2. The highest BCUT2D eigenvalue weighted by atomic mass is 16.7. The quantitative estimate of drug-likeness (QED) is 0.746. The van der Waals surface area contributed by atoms with Gasteiger partial charge >= 0.3 is 6.03 Å². The third-order valence-electron chi connectivity index (χ3n) is 2.25. The van der Waals surface area contributed by atoms with Crippen LogP contribution in [0.1, 0.15) is 5.82 Å². The van der Waals surface area contributed by atoms with Gasteiger partial charge in [-0.1, -0.05) is 12.1 Å². The Balaban J connectivity index is 2.18. The van der Waals surface area contributed by atoms with E-state index in [4.69, 9.17) is 10.6 Å². The van der Waals surface area contributed by atoms with Crippen LogP contribution in [0.15, 0.2) is 24.3 Å². The van der Waals surface area contributed by atoms with Crippen molar-refractivity contribution in [3.05, 3.63) is 30.1 Å². The second-order valence-electron chi connectivity index (χ2n) is 3.33. The van der Waals surface area contributed by atoms with Crippen LogP contribution < -0.4 is 11.2 Å². The molecule has 0 spiro atoms. The molecule has 16 heavy (non-hydrogen) atoms. The molecule has 0 saturated carbocycles. The van der Waals surface area contributed by atoms with E-state index in [9.17, 15) is 4.79 Å². The van der Waals surface area contributed by atoms with E-state index >= 15 is 0 Å². The number of aromatic nitrogens is 2. The molecule has 0 aliphatic carbocycles. The van der Waals surface area contributed by atoms with Crippen molar-refractivity contribution in [2.75, 3.05) is 0 Å². The number of amides is 2. The maximum atomic E-state index is 10.4. The molecule has 0 saturated heterocycles. The molecule has 0 aliphatic rings. The van der Waals surface area contributed by atoms with E-state index < -0.39 is 6.03 Å². The molecule has 1 aromatic heterocycles. The van der Waals surface area contributed by atoms with Gasteiger partial charge in [-0.2, -0.15) is 0 Å². The van der Waals surface area contributed by atoms with Gasteiger partial charge in [0, 0.05) is 7.05 Å². The summed E-state index contributed by atoms with van der Waals surface area (Å²) in [5.74, 6) is 0.718. The van der Waals surface area contributed by atoms with Gasteiger partial charge in [-0.05, 0) is 12.1 Å². The number of carbonyl (C=O) groups is 1. The highest BCUT2D eigenvalue weighted by Crippen LogP contribution is 2.14. The monoisotopic (exact) mass is 220 g/mol. The minimum absolute atomic E-state index is 0.175. The third-order valence-corrected chi connectivity index (χ3v) is 2.25. The molecule has 2 rings (SSSR count). The molecular weight excluding hydrogens is 208 g/mol. The predicted octanol–water partition coefficient (Wildman–Crippen LogP) is 0.673. The van der Waals surface area contributed by atoms with Crippen LogP contribution in [0, 0.1) is 0 Å². The minimum atomic E-state index is -0.723. The first kappa shape index (κ1) is 10.4. The van der Waals surface area contributed by atoms with Gasteiger partial charge < -0.3 is 10.3 Å². The number of hydrogen-bond acceptors (Lipinski definition) is 3. The molecule has 0 fully saturated rings. The molecule has 6 heteroatoms. The molecule has 2 amide bonds. The number of hydroxylamine groups is 1. The SMILES string of the molecule is Cn1c(CONC(N)=O)nc2ccccc21. The highest BCUT2D eigenvalue weighted by molar-refractivity contribution is 5.75. The number of carbonyl (C=O) groups excluding carboxylic acids is 1. The fraction of sp³-hybridized carbons (Fsp3) is 0.200. The molecular formula is C10H12N4O2. The predicted molar refractivity (Wildman–Crippen MR) is 58.2 cm³/mol. The summed E-state index contributed by atoms with van der Waals surface area (Å²) in [6.45, 7) is 0.175. The summed E-state index contributed by atoms with van der Waals surface area (Å²) < 4.78 is 1.90. The van der Waals surface area contributed by atoms with Crippen molar-refractivity contribution in [3.63, 3.8) is 0 Å². The number of hydrogen-bond donors (Lipinski definition) is 2. The molecule has 0 unspecified atom stereocenters. The van der Waals surface area contributed by atoms with Gasteiger partial charge in [0.15, 0.2) is 0 Å². The number of rotatable bonds is 3. The first-order valence-electron chi connectivity index (χ1n) is 4.76. The van der Waals surface area contributed by atoms with Crippen LogP contribution in [0.25, 0.3) is 11.0 Å². The topological polar surface area (TPSA) is 82.2 Å². The average molecular weight is 220 g/mol. The van der Waals surface area contributed by atoms with Crippen molar-refractivity contribution in [2.45, 2.75) is 6.61 Å². The van der Waals surface area contributed by atoms with Gasteiger partial charge in [0.1, 0.15) is 12.4 Å². The molecule has 84 valence electrons. The average Bonchev–Trinajstić information content (AvgIpc) is 2.56. The normalized spacial score (nSPS) is 10.6. The zero-order valence-corrected chi connectivity index (χ0v) is 8.80. The summed E-state index contributed by atoms with van der Waals surface area (Å²) in [5, 5.41) is 0. The zero-order valence-electron chi connectivity index (χ0n) is 8.80. The van der Waals surface area contributed by atoms with E-state index in [-0.39, 0.29) is 6.61 Å². The number of fused-ring (bicyclic) bond motifs is 1. The van der Waals surface area contributed by atoms with Crippen LogP contribution in [0.4, 0.5) is 4.79 Å². The molecule has 0 atom stereocenters. The number of nitrogens with two attached hydrogens (primary N) is 1. The Labute approximate surface area is 92.0 Å². The molecule has 1 heterocycles. The smallest absolute Gasteiger partial charge is 0.336 e. The third kappa shape index (κ3) is 1.96. The highest BCUT2D eigenvalue weighted by Gasteiger charge is 2.06. The Morgan fingerprint density at radius 2 is 2.31 bits per heavy atom. The van der Waals surface area contributed by atoms with E-state index in [1.807, 2.05) is 35.9 Å². The van der Waals surface area contributed by atoms with Gasteiger partial charge in [0.25, 0.3) is 0 Å². The molecule has 3 N–H and O–H groups in total. The Morgan fingerprint density at radius 3 is 3.00 bits per heavy atom. The van der Waals surface area contributed by atoms with Crippen LogP contribution in [-0.4, -0.2) is 15.6 Å². The lowest BCUT2D eigenvalue weighted by Gasteiger charge is -2.03. The van der Waals surface area contributed by atoms with E-state index in [1.165, 1.54) is 0 Å². The first-order valence-corrected chi connectivity index (χ1v) is 4.76. The second-order valence-corrected chi connectivity index (χ2v) is 3.33. The number of para-hydroxylation sites is 2. The number of primary amides is 1. The Bertz CT molecular complexity index is 521. The molecule has 2 aromatic rings. The minimum Gasteiger partial charge on any atom is -0.350 e. The van der Waals surface area contributed by atoms with E-state index in [0.717, 1.165) is 16.9 Å². The zero-order chi connectivity index (χ0) is 11.5. The van der Waals surface area contributed by atoms with Gasteiger partial charge in [-0.25, -0.2) is 15.3 Å². The van der Waals surface area contributed by atoms with E-state index in [2.05, 4.69) is 10.5 Å². The van der Waals surface area contributed by atoms with Crippen LogP contribution in [0.3, 0.4) is 0 Å². The van der Waals surface area contributed by atoms with Crippen molar-refractivity contribution in [1.82, 2.24) is 15.0 Å². The van der Waals surface area contributed by atoms with Gasteiger partial charge in [0.2, 0.25) is 0 Å². The van der Waals surface area contributed by atoms with Crippen molar-refractivity contribution in [1.29, 1.82) is 0 Å². The van der Waals surface area contributed by atoms with Crippen molar-refractivity contribution in [3.8, 4) is 0 Å². The van der Waals surface area contributed by atoms with Crippen molar-refractivity contribution in [2.24, 2.45) is 12.8 Å². The number of urea groups is 1. The summed E-state index contributed by atoms with van der Waals surface area (Å²) >= 11 is 0. The summed E-state index contributed by atoms with van der Waals surface area (Å²) in [7, 11) is 1.89. The van der Waals surface area contributed by atoms with Crippen molar-refractivity contribution < 1.29 is 9.63 Å². The van der Waals surface area contributed by atoms with Crippen LogP contribution >= 0.6 is 0 Å². The molecule has 1 aromatic carbocycles. The fourth-order valence-electron chi connectivity index (χ4n) is 1.50. The lowest BCUT2D eigenvalue weighted by Crippen LogP contribution is -2.29. The Kier molecular flexibility index (Phi) is 2.74. The number of imidazole rings is 1. The Morgan fingerprint density at radius 1 is 1.56 bits per heavy atom. The summed E-state index contributed by atoms with van der Waals surface area (Å²) in [5.41, 5.74) is 8.82. The number of nitrogens with one attached hydrogen (secondary N) is 1. The van der Waals surface area contributed by atoms with Crippen LogP contribution in [0.2, 0.25) is 0 Å². The fourth-order valence-corrected chi connectivity index (χ4v) is 1.50.